The van der Waals surface area contributed by atoms with Gasteiger partial charge in [-0.05, 0) is 17.5 Å². The summed E-state index contributed by atoms with van der Waals surface area (Å²) in [7, 11) is 0. The predicted molar refractivity (Wildman–Crippen MR) is 58.8 cm³/mol. The fraction of sp³-hybridized carbons (Fsp3) is 0.500. The van der Waals surface area contributed by atoms with E-state index in [0.717, 1.165) is 0 Å². The highest BCUT2D eigenvalue weighted by Crippen LogP contribution is 2.35. The summed E-state index contributed by atoms with van der Waals surface area (Å²) in [5.41, 5.74) is 0.545. The van der Waals surface area contributed by atoms with Crippen LogP contribution in [0, 0.1) is 11.2 Å². The van der Waals surface area contributed by atoms with E-state index >= 15 is 0 Å². The lowest BCUT2D eigenvalue weighted by Crippen LogP contribution is -2.42. The molecule has 1 atom stereocenters. The molecule has 1 aliphatic heterocycles. The quantitative estimate of drug-likeness (QED) is 0.709. The van der Waals surface area contributed by atoms with Crippen molar-refractivity contribution in [1.29, 1.82) is 0 Å². The molecule has 0 saturated heterocycles. The van der Waals surface area contributed by atoms with Crippen molar-refractivity contribution in [3.63, 3.8) is 0 Å². The predicted octanol–water partition coefficient (Wildman–Crippen LogP) is 3.04. The van der Waals surface area contributed by atoms with Crippen LogP contribution in [0.15, 0.2) is 18.2 Å². The maximum atomic E-state index is 13.5. The van der Waals surface area contributed by atoms with Gasteiger partial charge in [-0.2, -0.15) is 0 Å². The van der Waals surface area contributed by atoms with Crippen LogP contribution in [0.3, 0.4) is 0 Å². The molecule has 15 heavy (non-hydrogen) atoms. The topological polar surface area (TPSA) is 21.3 Å². The second-order valence-electron chi connectivity index (χ2n) is 4.99. The van der Waals surface area contributed by atoms with Crippen LogP contribution in [-0.2, 0) is 0 Å². The molecule has 3 heteroatoms. The second-order valence-corrected chi connectivity index (χ2v) is 4.99. The molecule has 1 aromatic rings. The Labute approximate surface area is 89.4 Å². The van der Waals surface area contributed by atoms with Crippen molar-refractivity contribution in [2.24, 2.45) is 5.41 Å². The summed E-state index contributed by atoms with van der Waals surface area (Å²) in [4.78, 5) is 0. The molecule has 0 aliphatic carbocycles. The molecule has 2 nitrogen and oxygen atoms in total. The third kappa shape index (κ3) is 1.91. The zero-order valence-corrected chi connectivity index (χ0v) is 9.30. The monoisotopic (exact) mass is 209 g/mol. The van der Waals surface area contributed by atoms with Gasteiger partial charge in [0.1, 0.15) is 23.9 Å². The summed E-state index contributed by atoms with van der Waals surface area (Å²) < 4.78 is 19.0. The van der Waals surface area contributed by atoms with Crippen LogP contribution in [0.2, 0.25) is 0 Å². The highest BCUT2D eigenvalue weighted by atomic mass is 19.1. The summed E-state index contributed by atoms with van der Waals surface area (Å²) in [5.74, 6) is 0.358. The SMILES string of the molecule is CC(C)(C)C1COc2cccc(F)c2N1. The smallest absolute Gasteiger partial charge is 0.150 e. The number of hydrogen-bond donors (Lipinski definition) is 1. The number of anilines is 1. The standard InChI is InChI=1S/C12H16FNO/c1-12(2,3)10-7-15-9-6-4-5-8(13)11(9)14-10/h4-6,10,14H,7H2,1-3H3. The van der Waals surface area contributed by atoms with Crippen LogP contribution in [0.1, 0.15) is 20.8 Å². The lowest BCUT2D eigenvalue weighted by Gasteiger charge is -2.36. The Balaban J connectivity index is 2.30. The van der Waals surface area contributed by atoms with Crippen molar-refractivity contribution in [3.05, 3.63) is 24.0 Å². The highest BCUT2D eigenvalue weighted by Gasteiger charge is 2.30. The maximum absolute atomic E-state index is 13.5. The molecule has 1 N–H and O–H groups in total. The maximum Gasteiger partial charge on any atom is 0.150 e. The number of ether oxygens (including phenoxy) is 1. The minimum Gasteiger partial charge on any atom is -0.489 e. The number of fused-ring (bicyclic) bond motifs is 1. The van der Waals surface area contributed by atoms with Gasteiger partial charge in [-0.15, -0.1) is 0 Å². The third-order valence-electron chi connectivity index (χ3n) is 2.74. The molecule has 2 rings (SSSR count). The molecule has 1 heterocycles. The van der Waals surface area contributed by atoms with Gasteiger partial charge in [0.15, 0.2) is 0 Å². The summed E-state index contributed by atoms with van der Waals surface area (Å²) in [6.45, 7) is 6.92. The number of nitrogens with one attached hydrogen (secondary N) is 1. The molecule has 0 saturated carbocycles. The van der Waals surface area contributed by atoms with Crippen molar-refractivity contribution in [2.75, 3.05) is 11.9 Å². The van der Waals surface area contributed by atoms with E-state index in [1.807, 2.05) is 0 Å². The van der Waals surface area contributed by atoms with Gasteiger partial charge in [0, 0.05) is 0 Å². The average molecular weight is 209 g/mol. The van der Waals surface area contributed by atoms with Crippen LogP contribution in [0.25, 0.3) is 0 Å². The zero-order chi connectivity index (χ0) is 11.1. The first kappa shape index (κ1) is 10.3. The Morgan fingerprint density at radius 3 is 2.80 bits per heavy atom. The number of para-hydroxylation sites is 1. The summed E-state index contributed by atoms with van der Waals surface area (Å²) in [6, 6.07) is 5.03. The summed E-state index contributed by atoms with van der Waals surface area (Å²) in [5, 5.41) is 3.21. The summed E-state index contributed by atoms with van der Waals surface area (Å²) in [6.07, 6.45) is 0. The molecule has 0 fully saturated rings. The van der Waals surface area contributed by atoms with E-state index in [4.69, 9.17) is 4.74 Å². The third-order valence-corrected chi connectivity index (χ3v) is 2.74. The summed E-state index contributed by atoms with van der Waals surface area (Å²) >= 11 is 0. The normalized spacial score (nSPS) is 20.1. The van der Waals surface area contributed by atoms with Gasteiger partial charge in [-0.1, -0.05) is 26.8 Å². The lowest BCUT2D eigenvalue weighted by atomic mass is 9.86. The average Bonchev–Trinajstić information content (AvgIpc) is 2.16. The van der Waals surface area contributed by atoms with Crippen molar-refractivity contribution < 1.29 is 9.13 Å². The van der Waals surface area contributed by atoms with Gasteiger partial charge >= 0.3 is 0 Å². The van der Waals surface area contributed by atoms with E-state index in [0.29, 0.717) is 18.0 Å². The van der Waals surface area contributed by atoms with Crippen molar-refractivity contribution in [2.45, 2.75) is 26.8 Å². The molecule has 0 radical (unpaired) electrons. The largest absolute Gasteiger partial charge is 0.489 e. The van der Waals surface area contributed by atoms with E-state index in [1.165, 1.54) is 6.07 Å². The molecule has 1 aliphatic rings. The van der Waals surface area contributed by atoms with Gasteiger partial charge in [-0.25, -0.2) is 4.39 Å². The molecule has 0 amide bonds. The Kier molecular flexibility index (Phi) is 2.33. The van der Waals surface area contributed by atoms with Gasteiger partial charge in [0.25, 0.3) is 0 Å². The van der Waals surface area contributed by atoms with Gasteiger partial charge < -0.3 is 10.1 Å². The van der Waals surface area contributed by atoms with E-state index < -0.39 is 0 Å². The highest BCUT2D eigenvalue weighted by molar-refractivity contribution is 5.59. The fourth-order valence-corrected chi connectivity index (χ4v) is 1.62. The van der Waals surface area contributed by atoms with E-state index in [-0.39, 0.29) is 17.3 Å². The van der Waals surface area contributed by atoms with Crippen LogP contribution >= 0.6 is 0 Å². The van der Waals surface area contributed by atoms with Gasteiger partial charge in [0.2, 0.25) is 0 Å². The zero-order valence-electron chi connectivity index (χ0n) is 9.30. The minimum absolute atomic E-state index is 0.0555. The Morgan fingerprint density at radius 1 is 1.40 bits per heavy atom. The van der Waals surface area contributed by atoms with E-state index in [1.54, 1.807) is 12.1 Å². The number of halogens is 1. The second kappa shape index (κ2) is 3.40. The first-order chi connectivity index (χ1) is 6.98. The molecule has 0 spiro atoms. The number of benzene rings is 1. The first-order valence-corrected chi connectivity index (χ1v) is 5.16. The van der Waals surface area contributed by atoms with Crippen LogP contribution in [-0.4, -0.2) is 12.6 Å². The van der Waals surface area contributed by atoms with Gasteiger partial charge in [0.05, 0.1) is 6.04 Å². The Morgan fingerprint density at radius 2 is 2.13 bits per heavy atom. The Hall–Kier alpha value is -1.25. The number of rotatable bonds is 0. The molecule has 1 unspecified atom stereocenters. The molecular weight excluding hydrogens is 193 g/mol. The van der Waals surface area contributed by atoms with Gasteiger partial charge in [-0.3, -0.25) is 0 Å². The van der Waals surface area contributed by atoms with E-state index in [2.05, 4.69) is 26.1 Å². The Bertz CT molecular complexity index is 370. The molecule has 1 aromatic carbocycles. The molecule has 0 bridgehead atoms. The van der Waals surface area contributed by atoms with E-state index in [9.17, 15) is 4.39 Å². The molecular formula is C12H16FNO. The van der Waals surface area contributed by atoms with Crippen LogP contribution in [0.5, 0.6) is 5.75 Å². The molecule has 82 valence electrons. The molecule has 0 aromatic heterocycles. The van der Waals surface area contributed by atoms with Crippen LogP contribution in [0.4, 0.5) is 10.1 Å². The minimum atomic E-state index is -0.249. The van der Waals surface area contributed by atoms with Crippen molar-refractivity contribution in [3.8, 4) is 5.75 Å². The fourth-order valence-electron chi connectivity index (χ4n) is 1.62. The lowest BCUT2D eigenvalue weighted by molar-refractivity contribution is 0.205. The first-order valence-electron chi connectivity index (χ1n) is 5.16. The number of hydrogen-bond acceptors (Lipinski definition) is 2. The van der Waals surface area contributed by atoms with Crippen molar-refractivity contribution in [1.82, 2.24) is 0 Å². The van der Waals surface area contributed by atoms with Crippen LogP contribution < -0.4 is 10.1 Å². The van der Waals surface area contributed by atoms with Crippen molar-refractivity contribution >= 4 is 5.69 Å².